The normalized spacial score (nSPS) is 9.90. The smallest absolute Gasteiger partial charge is 0.253 e. The monoisotopic (exact) mass is 283 g/mol. The van der Waals surface area contributed by atoms with Gasteiger partial charge in [0.1, 0.15) is 0 Å². The summed E-state index contributed by atoms with van der Waals surface area (Å²) in [5.41, 5.74) is 5.90. The Kier molecular flexibility index (Phi) is 4.40. The second-order valence-electron chi connectivity index (χ2n) is 4.26. The van der Waals surface area contributed by atoms with E-state index in [1.165, 1.54) is 18.3 Å². The Labute approximate surface area is 121 Å². The van der Waals surface area contributed by atoms with Crippen LogP contribution in [-0.4, -0.2) is 29.1 Å². The molecular formula is C15H13N3O3. The summed E-state index contributed by atoms with van der Waals surface area (Å²) < 4.78 is 0. The van der Waals surface area contributed by atoms with E-state index in [1.54, 1.807) is 30.5 Å². The van der Waals surface area contributed by atoms with Gasteiger partial charge in [0.05, 0.1) is 12.1 Å². The van der Waals surface area contributed by atoms with Crippen LogP contribution in [0.5, 0.6) is 0 Å². The van der Waals surface area contributed by atoms with E-state index in [0.29, 0.717) is 5.56 Å². The number of Topliss-reactive ketones (excluding diaryl/α,β-unsaturated/α-hetero) is 1. The topological polar surface area (TPSA) is 102 Å². The third-order valence-electron chi connectivity index (χ3n) is 2.83. The van der Waals surface area contributed by atoms with Gasteiger partial charge in [0, 0.05) is 23.5 Å². The van der Waals surface area contributed by atoms with Crippen LogP contribution in [-0.2, 0) is 0 Å². The predicted octanol–water partition coefficient (Wildman–Crippen LogP) is 0.793. The van der Waals surface area contributed by atoms with E-state index in [2.05, 4.69) is 10.3 Å². The van der Waals surface area contributed by atoms with Gasteiger partial charge >= 0.3 is 0 Å². The second-order valence-corrected chi connectivity index (χ2v) is 4.26. The summed E-state index contributed by atoms with van der Waals surface area (Å²) in [6.07, 6.45) is 2.95. The summed E-state index contributed by atoms with van der Waals surface area (Å²) in [7, 11) is 0. The van der Waals surface area contributed by atoms with Crippen molar-refractivity contribution in [2.24, 2.45) is 5.73 Å². The molecule has 2 aromatic rings. The molecule has 21 heavy (non-hydrogen) atoms. The third-order valence-corrected chi connectivity index (χ3v) is 2.83. The standard InChI is InChI=1S/C15H13N3O3/c16-14(20)12-6-2-1-5-11(12)13(19)9-18-15(21)10-4-3-7-17-8-10/h1-8H,9H2,(H2,16,20)(H,18,21). The fourth-order valence-corrected chi connectivity index (χ4v) is 1.80. The average molecular weight is 283 g/mol. The molecule has 1 aromatic heterocycles. The number of amides is 2. The zero-order valence-corrected chi connectivity index (χ0v) is 11.1. The van der Waals surface area contributed by atoms with Gasteiger partial charge < -0.3 is 11.1 Å². The number of ketones is 1. The highest BCUT2D eigenvalue weighted by atomic mass is 16.2. The van der Waals surface area contributed by atoms with E-state index in [-0.39, 0.29) is 23.5 Å². The van der Waals surface area contributed by atoms with Crippen molar-refractivity contribution in [2.45, 2.75) is 0 Å². The SMILES string of the molecule is NC(=O)c1ccccc1C(=O)CNC(=O)c1cccnc1. The summed E-state index contributed by atoms with van der Waals surface area (Å²) in [5.74, 6) is -1.48. The van der Waals surface area contributed by atoms with Crippen LogP contribution in [0.1, 0.15) is 31.1 Å². The molecule has 3 N–H and O–H groups in total. The highest BCUT2D eigenvalue weighted by Gasteiger charge is 2.15. The number of nitrogens with one attached hydrogen (secondary N) is 1. The van der Waals surface area contributed by atoms with Crippen LogP contribution in [0.3, 0.4) is 0 Å². The lowest BCUT2D eigenvalue weighted by Gasteiger charge is -2.07. The highest BCUT2D eigenvalue weighted by molar-refractivity contribution is 6.09. The zero-order valence-electron chi connectivity index (χ0n) is 11.1. The molecule has 0 aliphatic heterocycles. The summed E-state index contributed by atoms with van der Waals surface area (Å²) >= 11 is 0. The van der Waals surface area contributed by atoms with Crippen molar-refractivity contribution in [3.05, 3.63) is 65.5 Å². The molecule has 0 saturated heterocycles. The molecule has 0 fully saturated rings. The minimum atomic E-state index is -0.683. The number of nitrogens with zero attached hydrogens (tertiary/aromatic N) is 1. The number of carbonyl (C=O) groups is 3. The molecule has 0 saturated carbocycles. The first-order valence-electron chi connectivity index (χ1n) is 6.20. The van der Waals surface area contributed by atoms with Gasteiger partial charge in [-0.25, -0.2) is 0 Å². The summed E-state index contributed by atoms with van der Waals surface area (Å²) in [6.45, 7) is -0.224. The van der Waals surface area contributed by atoms with Crippen LogP contribution in [0.25, 0.3) is 0 Å². The summed E-state index contributed by atoms with van der Waals surface area (Å²) in [4.78, 5) is 39.0. The molecule has 0 radical (unpaired) electrons. The van der Waals surface area contributed by atoms with Gasteiger partial charge in [0.2, 0.25) is 5.91 Å². The summed E-state index contributed by atoms with van der Waals surface area (Å²) in [5, 5.41) is 2.48. The van der Waals surface area contributed by atoms with Crippen LogP contribution in [0, 0.1) is 0 Å². The van der Waals surface area contributed by atoms with E-state index in [1.807, 2.05) is 0 Å². The van der Waals surface area contributed by atoms with Gasteiger partial charge in [-0.1, -0.05) is 18.2 Å². The number of hydrogen-bond donors (Lipinski definition) is 2. The van der Waals surface area contributed by atoms with E-state index in [9.17, 15) is 14.4 Å². The molecule has 106 valence electrons. The summed E-state index contributed by atoms with van der Waals surface area (Å²) in [6, 6.07) is 9.42. The maximum Gasteiger partial charge on any atom is 0.253 e. The largest absolute Gasteiger partial charge is 0.366 e. The number of hydrogen-bond acceptors (Lipinski definition) is 4. The molecule has 6 heteroatoms. The molecule has 0 spiro atoms. The van der Waals surface area contributed by atoms with Crippen molar-refractivity contribution in [3.8, 4) is 0 Å². The molecule has 0 unspecified atom stereocenters. The van der Waals surface area contributed by atoms with Gasteiger partial charge in [-0.15, -0.1) is 0 Å². The van der Waals surface area contributed by atoms with Crippen LogP contribution < -0.4 is 11.1 Å². The molecule has 0 aliphatic carbocycles. The molecule has 2 amide bonds. The predicted molar refractivity (Wildman–Crippen MR) is 75.9 cm³/mol. The molecule has 0 aliphatic rings. The van der Waals surface area contributed by atoms with E-state index in [4.69, 9.17) is 5.73 Å². The highest BCUT2D eigenvalue weighted by Crippen LogP contribution is 2.08. The van der Waals surface area contributed by atoms with Crippen LogP contribution in [0.2, 0.25) is 0 Å². The zero-order chi connectivity index (χ0) is 15.2. The Morgan fingerprint density at radius 1 is 1.05 bits per heavy atom. The number of nitrogens with two attached hydrogens (primary N) is 1. The average Bonchev–Trinajstić information content (AvgIpc) is 2.53. The van der Waals surface area contributed by atoms with Gasteiger partial charge in [-0.2, -0.15) is 0 Å². The van der Waals surface area contributed by atoms with E-state index in [0.717, 1.165) is 0 Å². The maximum absolute atomic E-state index is 12.1. The molecular weight excluding hydrogens is 270 g/mol. The Hall–Kier alpha value is -3.02. The maximum atomic E-state index is 12.1. The Balaban J connectivity index is 2.06. The van der Waals surface area contributed by atoms with Crippen molar-refractivity contribution >= 4 is 17.6 Å². The molecule has 0 bridgehead atoms. The van der Waals surface area contributed by atoms with Gasteiger partial charge in [0.25, 0.3) is 5.91 Å². The Bertz CT molecular complexity index is 684. The van der Waals surface area contributed by atoms with E-state index < -0.39 is 11.8 Å². The fourth-order valence-electron chi connectivity index (χ4n) is 1.80. The van der Waals surface area contributed by atoms with Crippen LogP contribution >= 0.6 is 0 Å². The third kappa shape index (κ3) is 3.50. The van der Waals surface area contributed by atoms with Gasteiger partial charge in [-0.05, 0) is 18.2 Å². The van der Waals surface area contributed by atoms with Crippen molar-refractivity contribution < 1.29 is 14.4 Å². The van der Waals surface area contributed by atoms with Crippen LogP contribution in [0.15, 0.2) is 48.8 Å². The van der Waals surface area contributed by atoms with Crippen molar-refractivity contribution in [1.82, 2.24) is 10.3 Å². The lowest BCUT2D eigenvalue weighted by molar-refractivity contribution is 0.0901. The molecule has 1 aromatic carbocycles. The van der Waals surface area contributed by atoms with Crippen molar-refractivity contribution in [2.75, 3.05) is 6.54 Å². The van der Waals surface area contributed by atoms with Crippen LogP contribution in [0.4, 0.5) is 0 Å². The molecule has 1 heterocycles. The van der Waals surface area contributed by atoms with Gasteiger partial charge in [0.15, 0.2) is 5.78 Å². The van der Waals surface area contributed by atoms with Gasteiger partial charge in [-0.3, -0.25) is 19.4 Å². The minimum Gasteiger partial charge on any atom is -0.366 e. The Morgan fingerprint density at radius 3 is 2.38 bits per heavy atom. The lowest BCUT2D eigenvalue weighted by Crippen LogP contribution is -2.30. The molecule has 0 atom stereocenters. The van der Waals surface area contributed by atoms with Crippen molar-refractivity contribution in [1.29, 1.82) is 0 Å². The number of primary amides is 1. The number of aromatic nitrogens is 1. The minimum absolute atomic E-state index is 0.137. The quantitative estimate of drug-likeness (QED) is 0.792. The fraction of sp³-hybridized carbons (Fsp3) is 0.0667. The number of carbonyl (C=O) groups excluding carboxylic acids is 3. The Morgan fingerprint density at radius 2 is 1.76 bits per heavy atom. The lowest BCUT2D eigenvalue weighted by atomic mass is 10.0. The number of rotatable bonds is 5. The molecule has 2 rings (SSSR count). The second kappa shape index (κ2) is 6.42. The first kappa shape index (κ1) is 14.4. The first-order valence-corrected chi connectivity index (χ1v) is 6.20. The van der Waals surface area contributed by atoms with Crippen molar-refractivity contribution in [3.63, 3.8) is 0 Å². The van der Waals surface area contributed by atoms with E-state index >= 15 is 0 Å². The molecule has 6 nitrogen and oxygen atoms in total. The number of benzene rings is 1. The number of pyridine rings is 1. The first-order chi connectivity index (χ1) is 10.1.